The fourth-order valence-corrected chi connectivity index (χ4v) is 2.86. The van der Waals surface area contributed by atoms with Crippen molar-refractivity contribution in [3.8, 4) is 5.75 Å². The summed E-state index contributed by atoms with van der Waals surface area (Å²) in [6.07, 6.45) is 5.64. The van der Waals surface area contributed by atoms with Crippen LogP contribution in [0.1, 0.15) is 37.7 Å². The van der Waals surface area contributed by atoms with Gasteiger partial charge in [0, 0.05) is 23.9 Å². The van der Waals surface area contributed by atoms with Gasteiger partial charge in [-0.2, -0.15) is 0 Å². The van der Waals surface area contributed by atoms with Crippen molar-refractivity contribution in [1.29, 1.82) is 0 Å². The van der Waals surface area contributed by atoms with Gasteiger partial charge in [-0.3, -0.25) is 4.79 Å². The van der Waals surface area contributed by atoms with E-state index in [1.54, 1.807) is 7.11 Å². The molecule has 2 rings (SSSR count). The van der Waals surface area contributed by atoms with Crippen LogP contribution < -0.4 is 4.74 Å². The Morgan fingerprint density at radius 1 is 1.45 bits per heavy atom. The Morgan fingerprint density at radius 2 is 2.30 bits per heavy atom. The van der Waals surface area contributed by atoms with Crippen molar-refractivity contribution in [3.05, 3.63) is 28.2 Å². The molecule has 1 fully saturated rings. The smallest absolute Gasteiger partial charge is 0.137 e. The van der Waals surface area contributed by atoms with Crippen LogP contribution in [0.4, 0.5) is 0 Å². The number of halogens is 1. The van der Waals surface area contributed by atoms with Gasteiger partial charge in [-0.15, -0.1) is 0 Å². The lowest BCUT2D eigenvalue weighted by molar-refractivity contribution is -0.119. The predicted molar refractivity (Wildman–Crippen MR) is 82.2 cm³/mol. The maximum absolute atomic E-state index is 12.1. The molecule has 1 aliphatic heterocycles. The molecule has 1 heterocycles. The maximum atomic E-state index is 12.1. The SMILES string of the molecule is COc1ccc(Br)c(CC(=O)CCC2CCCCO2)c1. The summed E-state index contributed by atoms with van der Waals surface area (Å²) in [5.74, 6) is 1.04. The van der Waals surface area contributed by atoms with Gasteiger partial charge in [-0.25, -0.2) is 0 Å². The fourth-order valence-electron chi connectivity index (χ4n) is 2.47. The minimum atomic E-state index is 0.258. The van der Waals surface area contributed by atoms with Crippen LogP contribution in [0, 0.1) is 0 Å². The molecule has 0 N–H and O–H groups in total. The summed E-state index contributed by atoms with van der Waals surface area (Å²) in [5, 5.41) is 0. The van der Waals surface area contributed by atoms with Gasteiger partial charge in [0.1, 0.15) is 11.5 Å². The molecule has 0 bridgehead atoms. The topological polar surface area (TPSA) is 35.5 Å². The lowest BCUT2D eigenvalue weighted by Crippen LogP contribution is -2.20. The zero-order valence-corrected chi connectivity index (χ0v) is 13.4. The van der Waals surface area contributed by atoms with Crippen molar-refractivity contribution < 1.29 is 14.3 Å². The fraction of sp³-hybridized carbons (Fsp3) is 0.562. The van der Waals surface area contributed by atoms with Crippen molar-refractivity contribution in [2.75, 3.05) is 13.7 Å². The molecule has 1 atom stereocenters. The Hall–Kier alpha value is -0.870. The van der Waals surface area contributed by atoms with Crippen LogP contribution in [0.15, 0.2) is 22.7 Å². The van der Waals surface area contributed by atoms with E-state index in [2.05, 4.69) is 15.9 Å². The van der Waals surface area contributed by atoms with E-state index >= 15 is 0 Å². The molecule has 1 aromatic rings. The van der Waals surface area contributed by atoms with E-state index < -0.39 is 0 Å². The second kappa shape index (κ2) is 7.79. The van der Waals surface area contributed by atoms with Crippen LogP contribution in [-0.2, 0) is 16.0 Å². The lowest BCUT2D eigenvalue weighted by Gasteiger charge is -2.22. The molecule has 3 nitrogen and oxygen atoms in total. The Kier molecular flexibility index (Phi) is 6.05. The third kappa shape index (κ3) is 4.60. The number of ketones is 1. The van der Waals surface area contributed by atoms with Gasteiger partial charge in [0.05, 0.1) is 13.2 Å². The van der Waals surface area contributed by atoms with Crippen LogP contribution in [0.3, 0.4) is 0 Å². The quantitative estimate of drug-likeness (QED) is 0.787. The Balaban J connectivity index is 1.84. The minimum absolute atomic E-state index is 0.258. The standard InChI is InChI=1S/C16H21BrO3/c1-19-15-7-8-16(17)12(11-15)10-13(18)5-6-14-4-2-3-9-20-14/h7-8,11,14H,2-6,9-10H2,1H3. The van der Waals surface area contributed by atoms with Crippen molar-refractivity contribution in [1.82, 2.24) is 0 Å². The van der Waals surface area contributed by atoms with Gasteiger partial charge in [0.15, 0.2) is 0 Å². The molecule has 20 heavy (non-hydrogen) atoms. The molecule has 1 saturated heterocycles. The summed E-state index contributed by atoms with van der Waals surface area (Å²) in [6, 6.07) is 5.72. The average molecular weight is 341 g/mol. The van der Waals surface area contributed by atoms with Gasteiger partial charge in [0.25, 0.3) is 0 Å². The average Bonchev–Trinajstić information content (AvgIpc) is 2.48. The summed E-state index contributed by atoms with van der Waals surface area (Å²) in [6.45, 7) is 0.848. The van der Waals surface area contributed by atoms with Gasteiger partial charge < -0.3 is 9.47 Å². The summed E-state index contributed by atoms with van der Waals surface area (Å²) >= 11 is 3.48. The monoisotopic (exact) mass is 340 g/mol. The van der Waals surface area contributed by atoms with Crippen LogP contribution in [0.25, 0.3) is 0 Å². The van der Waals surface area contributed by atoms with Gasteiger partial charge >= 0.3 is 0 Å². The van der Waals surface area contributed by atoms with E-state index in [-0.39, 0.29) is 11.9 Å². The molecule has 110 valence electrons. The second-order valence-electron chi connectivity index (χ2n) is 5.20. The highest BCUT2D eigenvalue weighted by Crippen LogP contribution is 2.24. The highest BCUT2D eigenvalue weighted by atomic mass is 79.9. The zero-order valence-electron chi connectivity index (χ0n) is 11.9. The van der Waals surface area contributed by atoms with E-state index in [1.807, 2.05) is 18.2 Å². The number of rotatable bonds is 6. The molecule has 0 radical (unpaired) electrons. The van der Waals surface area contributed by atoms with Crippen LogP contribution in [0.2, 0.25) is 0 Å². The molecule has 1 aliphatic rings. The number of benzene rings is 1. The summed E-state index contributed by atoms with van der Waals surface area (Å²) in [5.41, 5.74) is 0.985. The molecule has 1 unspecified atom stereocenters. The first-order chi connectivity index (χ1) is 9.69. The predicted octanol–water partition coefficient (Wildman–Crippen LogP) is 3.92. The van der Waals surface area contributed by atoms with Crippen molar-refractivity contribution in [2.45, 2.75) is 44.6 Å². The number of methoxy groups -OCH3 is 1. The summed E-state index contributed by atoms with van der Waals surface area (Å²) < 4.78 is 11.8. The Labute approximate surface area is 128 Å². The van der Waals surface area contributed by atoms with E-state index in [4.69, 9.17) is 9.47 Å². The van der Waals surface area contributed by atoms with E-state index in [9.17, 15) is 4.79 Å². The Bertz CT molecular complexity index is 453. The molecule has 0 amide bonds. The van der Waals surface area contributed by atoms with Crippen molar-refractivity contribution in [2.24, 2.45) is 0 Å². The normalized spacial score (nSPS) is 18.8. The first-order valence-corrected chi connectivity index (χ1v) is 7.94. The number of carbonyl (C=O) groups is 1. The molecular formula is C16H21BrO3. The number of Topliss-reactive ketones (excluding diaryl/α,β-unsaturated/α-hetero) is 1. The molecule has 0 saturated carbocycles. The van der Waals surface area contributed by atoms with E-state index in [0.29, 0.717) is 12.8 Å². The number of carbonyl (C=O) groups excluding carboxylic acids is 1. The molecule has 0 aromatic heterocycles. The highest BCUT2D eigenvalue weighted by Gasteiger charge is 2.16. The Morgan fingerprint density at radius 3 is 3.00 bits per heavy atom. The van der Waals surface area contributed by atoms with E-state index in [1.165, 1.54) is 6.42 Å². The van der Waals surface area contributed by atoms with Crippen molar-refractivity contribution in [3.63, 3.8) is 0 Å². The summed E-state index contributed by atoms with van der Waals surface area (Å²) in [4.78, 5) is 12.1. The second-order valence-corrected chi connectivity index (χ2v) is 6.05. The largest absolute Gasteiger partial charge is 0.497 e. The van der Waals surface area contributed by atoms with Crippen LogP contribution in [-0.4, -0.2) is 25.6 Å². The minimum Gasteiger partial charge on any atom is -0.497 e. The molecule has 0 aliphatic carbocycles. The number of hydrogen-bond donors (Lipinski definition) is 0. The molecular weight excluding hydrogens is 320 g/mol. The first-order valence-electron chi connectivity index (χ1n) is 7.15. The lowest BCUT2D eigenvalue weighted by atomic mass is 10.0. The van der Waals surface area contributed by atoms with E-state index in [0.717, 1.165) is 41.7 Å². The number of hydrogen-bond acceptors (Lipinski definition) is 3. The van der Waals surface area contributed by atoms with Crippen LogP contribution in [0.5, 0.6) is 5.75 Å². The van der Waals surface area contributed by atoms with Crippen LogP contribution >= 0.6 is 15.9 Å². The maximum Gasteiger partial charge on any atom is 0.137 e. The van der Waals surface area contributed by atoms with Crippen molar-refractivity contribution >= 4 is 21.7 Å². The molecule has 4 heteroatoms. The summed E-state index contributed by atoms with van der Waals surface area (Å²) in [7, 11) is 1.63. The highest BCUT2D eigenvalue weighted by molar-refractivity contribution is 9.10. The third-order valence-corrected chi connectivity index (χ3v) is 4.43. The molecule has 1 aromatic carbocycles. The van der Waals surface area contributed by atoms with Gasteiger partial charge in [-0.1, -0.05) is 15.9 Å². The number of ether oxygens (including phenoxy) is 2. The van der Waals surface area contributed by atoms with Gasteiger partial charge in [-0.05, 0) is 49.4 Å². The van der Waals surface area contributed by atoms with Gasteiger partial charge in [0.2, 0.25) is 0 Å². The third-order valence-electron chi connectivity index (χ3n) is 3.66. The first kappa shape index (κ1) is 15.5. The molecule has 0 spiro atoms. The zero-order chi connectivity index (χ0) is 14.4.